The smallest absolute Gasteiger partial charge is 0.253 e. The van der Waals surface area contributed by atoms with Gasteiger partial charge in [-0.25, -0.2) is 8.78 Å². The zero-order valence-corrected chi connectivity index (χ0v) is 17.1. The summed E-state index contributed by atoms with van der Waals surface area (Å²) in [5.74, 6) is 0.0292. The number of hydrogen-bond donors (Lipinski definition) is 1. The summed E-state index contributed by atoms with van der Waals surface area (Å²) in [4.78, 5) is 18.5. The third-order valence-corrected chi connectivity index (χ3v) is 5.57. The Balaban J connectivity index is 1.39. The maximum Gasteiger partial charge on any atom is 0.253 e. The fraction of sp³-hybridized carbons (Fsp3) is 0.545. The first-order chi connectivity index (χ1) is 13.9. The number of hydrogen-bond acceptors (Lipinski definition) is 4. The molecule has 29 heavy (non-hydrogen) atoms. The van der Waals surface area contributed by atoms with Crippen molar-refractivity contribution in [2.45, 2.75) is 38.8 Å². The lowest BCUT2D eigenvalue weighted by atomic mass is 9.92. The number of carbonyl (C=O) groups excluding carboxylic acids is 1. The first-order valence-corrected chi connectivity index (χ1v) is 10.2. The van der Waals surface area contributed by atoms with Crippen LogP contribution in [-0.4, -0.2) is 61.7 Å². The van der Waals surface area contributed by atoms with Crippen molar-refractivity contribution >= 4 is 11.8 Å². The summed E-state index contributed by atoms with van der Waals surface area (Å²) in [5.41, 5.74) is 1.55. The van der Waals surface area contributed by atoms with E-state index in [0.717, 1.165) is 11.1 Å². The number of aryl methyl sites for hydroxylation is 2. The first kappa shape index (κ1) is 21.4. The molecule has 1 aromatic carbocycles. The van der Waals surface area contributed by atoms with E-state index in [1.54, 1.807) is 4.90 Å². The molecule has 158 valence electrons. The van der Waals surface area contributed by atoms with E-state index >= 15 is 4.39 Å². The molecule has 0 unspecified atom stereocenters. The Morgan fingerprint density at radius 3 is 2.72 bits per heavy atom. The third-order valence-electron chi connectivity index (χ3n) is 5.57. The number of dihydropyridines is 1. The fourth-order valence-corrected chi connectivity index (χ4v) is 3.50. The number of nitrogens with one attached hydrogen (secondary N) is 1. The summed E-state index contributed by atoms with van der Waals surface area (Å²) < 4.78 is 33.6. The summed E-state index contributed by atoms with van der Waals surface area (Å²) in [6, 6.07) is 5.68. The molecule has 7 heteroatoms. The van der Waals surface area contributed by atoms with Gasteiger partial charge in [0, 0.05) is 63.6 Å². The van der Waals surface area contributed by atoms with Crippen LogP contribution >= 0.6 is 0 Å². The van der Waals surface area contributed by atoms with Crippen LogP contribution in [0.3, 0.4) is 0 Å². The average molecular weight is 405 g/mol. The number of ether oxygens (including phenoxy) is 1. The van der Waals surface area contributed by atoms with Gasteiger partial charge >= 0.3 is 0 Å². The van der Waals surface area contributed by atoms with Crippen LogP contribution in [-0.2, 0) is 4.74 Å². The molecule has 3 rings (SSSR count). The van der Waals surface area contributed by atoms with Gasteiger partial charge in [-0.2, -0.15) is 0 Å². The van der Waals surface area contributed by atoms with Gasteiger partial charge in [0.05, 0.1) is 0 Å². The van der Waals surface area contributed by atoms with Gasteiger partial charge in [0.25, 0.3) is 5.91 Å². The van der Waals surface area contributed by atoms with Crippen LogP contribution in [0.15, 0.2) is 35.1 Å². The third kappa shape index (κ3) is 5.85. The molecule has 1 N–H and O–H groups in total. The molecule has 1 amide bonds. The topological polar surface area (TPSA) is 53.9 Å². The Bertz CT molecular complexity index is 799. The van der Waals surface area contributed by atoms with E-state index in [9.17, 15) is 9.18 Å². The van der Waals surface area contributed by atoms with Gasteiger partial charge < -0.3 is 15.0 Å². The van der Waals surface area contributed by atoms with Crippen molar-refractivity contribution < 1.29 is 18.3 Å². The highest BCUT2D eigenvalue weighted by atomic mass is 19.1. The van der Waals surface area contributed by atoms with Crippen molar-refractivity contribution in [1.82, 2.24) is 10.2 Å². The maximum atomic E-state index is 15.0. The highest BCUT2D eigenvalue weighted by Crippen LogP contribution is 2.27. The van der Waals surface area contributed by atoms with Crippen LogP contribution in [0.1, 0.15) is 40.7 Å². The molecule has 1 fully saturated rings. The number of piperidine rings is 1. The molecule has 0 radical (unpaired) electrons. The van der Waals surface area contributed by atoms with E-state index < -0.39 is 5.67 Å². The number of amides is 1. The second-order valence-corrected chi connectivity index (χ2v) is 7.83. The van der Waals surface area contributed by atoms with Crippen molar-refractivity contribution in [3.63, 3.8) is 0 Å². The second kappa shape index (κ2) is 9.48. The lowest BCUT2D eigenvalue weighted by Gasteiger charge is -2.36. The van der Waals surface area contributed by atoms with Crippen LogP contribution in [0.2, 0.25) is 0 Å². The second-order valence-electron chi connectivity index (χ2n) is 7.83. The number of halogens is 2. The van der Waals surface area contributed by atoms with Crippen LogP contribution in [0.25, 0.3) is 0 Å². The number of aliphatic imine (C=N–C) groups is 1. The van der Waals surface area contributed by atoms with Crippen molar-refractivity contribution in [3.05, 3.63) is 46.8 Å². The Labute approximate surface area is 170 Å². The van der Waals surface area contributed by atoms with Gasteiger partial charge in [-0.3, -0.25) is 9.79 Å². The Morgan fingerprint density at radius 1 is 1.28 bits per heavy atom. The molecular formula is C22H29F2N3O2. The van der Waals surface area contributed by atoms with Crippen LogP contribution < -0.4 is 5.32 Å². The van der Waals surface area contributed by atoms with Crippen LogP contribution in [0, 0.1) is 13.8 Å². The van der Waals surface area contributed by atoms with Gasteiger partial charge in [0.15, 0.2) is 0 Å². The SMILES string of the molecule is Cc1ccc(C(=O)N2CCC(F)(CNCCOC3=NCCC(F)=C3)CC2)cc1C. The van der Waals surface area contributed by atoms with E-state index in [0.29, 0.717) is 63.5 Å². The molecule has 2 aliphatic heterocycles. The van der Waals surface area contributed by atoms with Gasteiger partial charge in [-0.15, -0.1) is 0 Å². The van der Waals surface area contributed by atoms with Crippen molar-refractivity contribution in [2.24, 2.45) is 4.99 Å². The fourth-order valence-electron chi connectivity index (χ4n) is 3.50. The number of alkyl halides is 1. The van der Waals surface area contributed by atoms with Crippen molar-refractivity contribution in [1.29, 1.82) is 0 Å². The average Bonchev–Trinajstić information content (AvgIpc) is 2.70. The number of nitrogens with zero attached hydrogens (tertiary/aromatic N) is 2. The first-order valence-electron chi connectivity index (χ1n) is 10.2. The summed E-state index contributed by atoms with van der Waals surface area (Å²) in [6.45, 7) is 6.16. The van der Waals surface area contributed by atoms with E-state index in [-0.39, 0.29) is 18.3 Å². The Morgan fingerprint density at radius 2 is 2.03 bits per heavy atom. The zero-order valence-electron chi connectivity index (χ0n) is 17.1. The Hall–Kier alpha value is -2.28. The highest BCUT2D eigenvalue weighted by molar-refractivity contribution is 5.94. The number of likely N-dealkylation sites (tertiary alicyclic amines) is 1. The molecule has 0 spiro atoms. The summed E-state index contributed by atoms with van der Waals surface area (Å²) in [7, 11) is 0. The molecule has 0 saturated carbocycles. The Kier molecular flexibility index (Phi) is 7.00. The molecule has 2 aliphatic rings. The highest BCUT2D eigenvalue weighted by Gasteiger charge is 2.35. The van der Waals surface area contributed by atoms with Crippen LogP contribution in [0.4, 0.5) is 8.78 Å². The lowest BCUT2D eigenvalue weighted by Crippen LogP contribution is -2.49. The summed E-state index contributed by atoms with van der Waals surface area (Å²) in [6.07, 6.45) is 2.22. The quantitative estimate of drug-likeness (QED) is 0.737. The molecule has 0 bridgehead atoms. The predicted molar refractivity (Wildman–Crippen MR) is 110 cm³/mol. The van der Waals surface area contributed by atoms with Gasteiger partial charge in [-0.05, 0) is 37.1 Å². The minimum atomic E-state index is -1.34. The molecule has 0 atom stereocenters. The molecule has 1 saturated heterocycles. The molecule has 2 heterocycles. The maximum absolute atomic E-state index is 15.0. The zero-order chi connectivity index (χ0) is 20.9. The monoisotopic (exact) mass is 405 g/mol. The van der Waals surface area contributed by atoms with Gasteiger partial charge in [0.1, 0.15) is 18.1 Å². The van der Waals surface area contributed by atoms with E-state index in [1.807, 2.05) is 32.0 Å². The predicted octanol–water partition coefficient (Wildman–Crippen LogP) is 3.51. The largest absolute Gasteiger partial charge is 0.476 e. The molecule has 0 aromatic heterocycles. The number of benzene rings is 1. The van der Waals surface area contributed by atoms with Gasteiger partial charge in [0.2, 0.25) is 5.90 Å². The van der Waals surface area contributed by atoms with Gasteiger partial charge in [-0.1, -0.05) is 6.07 Å². The number of carbonyl (C=O) groups is 1. The van der Waals surface area contributed by atoms with E-state index in [2.05, 4.69) is 10.3 Å². The normalized spacial score (nSPS) is 18.8. The van der Waals surface area contributed by atoms with E-state index in [4.69, 9.17) is 4.74 Å². The minimum Gasteiger partial charge on any atom is -0.476 e. The van der Waals surface area contributed by atoms with E-state index in [1.165, 1.54) is 6.08 Å². The van der Waals surface area contributed by atoms with Crippen molar-refractivity contribution in [2.75, 3.05) is 39.3 Å². The standard InChI is InChI=1S/C22H29F2N3O2/c1-16-3-4-18(13-17(16)2)21(28)27-10-6-22(24,7-11-27)15-25-9-12-29-20-14-19(23)5-8-26-20/h3-4,13-14,25H,5-12,15H2,1-2H3. The summed E-state index contributed by atoms with van der Waals surface area (Å²) >= 11 is 0. The molecular weight excluding hydrogens is 376 g/mol. The van der Waals surface area contributed by atoms with Crippen LogP contribution in [0.5, 0.6) is 0 Å². The molecule has 5 nitrogen and oxygen atoms in total. The molecule has 0 aliphatic carbocycles. The lowest BCUT2D eigenvalue weighted by molar-refractivity contribution is 0.0433. The molecule has 1 aromatic rings. The van der Waals surface area contributed by atoms with Crippen molar-refractivity contribution in [3.8, 4) is 0 Å². The number of rotatable bonds is 6. The summed E-state index contributed by atoms with van der Waals surface area (Å²) in [5, 5.41) is 3.06. The minimum absolute atomic E-state index is 0.0370.